The van der Waals surface area contributed by atoms with Crippen molar-refractivity contribution in [3.63, 3.8) is 0 Å². The Balaban J connectivity index is 1.29. The molecule has 4 N–H and O–H groups in total. The first-order chi connectivity index (χ1) is 24.3. The Bertz CT molecular complexity index is 1680. The maximum absolute atomic E-state index is 13.4. The van der Waals surface area contributed by atoms with E-state index >= 15 is 0 Å². The van der Waals surface area contributed by atoms with Crippen molar-refractivity contribution in [1.29, 1.82) is 0 Å². The summed E-state index contributed by atoms with van der Waals surface area (Å²) >= 11 is 0. The molecule has 4 aromatic rings. The van der Waals surface area contributed by atoms with Gasteiger partial charge in [0.15, 0.2) is 5.52 Å². The minimum atomic E-state index is -0.198. The molecule has 270 valence electrons. The van der Waals surface area contributed by atoms with Crippen LogP contribution in [0.3, 0.4) is 0 Å². The van der Waals surface area contributed by atoms with Crippen LogP contribution < -0.4 is 16.6 Å². The van der Waals surface area contributed by atoms with Gasteiger partial charge in [-0.05, 0) is 55.7 Å². The van der Waals surface area contributed by atoms with Crippen LogP contribution in [0, 0.1) is 0 Å². The topological polar surface area (TPSA) is 148 Å². The molecule has 2 amide bonds. The number of carbonyl (C=O) groups is 2. The van der Waals surface area contributed by atoms with E-state index in [0.717, 1.165) is 67.5 Å². The van der Waals surface area contributed by atoms with Crippen LogP contribution in [-0.2, 0) is 29.7 Å². The summed E-state index contributed by atoms with van der Waals surface area (Å²) < 4.78 is 3.28. The molecule has 11 heteroatoms. The number of aliphatic hydroxyl groups is 1. The van der Waals surface area contributed by atoms with Gasteiger partial charge in [0.05, 0.1) is 12.0 Å². The highest BCUT2D eigenvalue weighted by molar-refractivity contribution is 5.89. The maximum atomic E-state index is 13.4. The molecule has 0 aliphatic carbocycles. The van der Waals surface area contributed by atoms with E-state index in [1.54, 1.807) is 15.6 Å². The smallest absolute Gasteiger partial charge is 0.281 e. The van der Waals surface area contributed by atoms with Crippen molar-refractivity contribution >= 4 is 22.8 Å². The van der Waals surface area contributed by atoms with E-state index in [1.165, 1.54) is 6.42 Å². The normalized spacial score (nSPS) is 11.9. The number of benzene rings is 2. The molecular weight excluding hydrogens is 630 g/mol. The zero-order valence-electron chi connectivity index (χ0n) is 29.9. The highest BCUT2D eigenvalue weighted by Gasteiger charge is 2.19. The summed E-state index contributed by atoms with van der Waals surface area (Å²) in [6.45, 7) is 4.84. The van der Waals surface area contributed by atoms with E-state index in [4.69, 9.17) is 5.73 Å². The summed E-state index contributed by atoms with van der Waals surface area (Å²) in [4.78, 5) is 45.4. The number of nitrogens with zero attached hydrogens (tertiary/aromatic N) is 5. The zero-order chi connectivity index (χ0) is 35.7. The maximum Gasteiger partial charge on any atom is 0.281 e. The van der Waals surface area contributed by atoms with Gasteiger partial charge in [0.1, 0.15) is 5.52 Å². The fourth-order valence-electron chi connectivity index (χ4n) is 6.28. The van der Waals surface area contributed by atoms with E-state index in [-0.39, 0.29) is 29.9 Å². The Morgan fingerprint density at radius 1 is 0.900 bits per heavy atom. The largest absolute Gasteiger partial charge is 0.396 e. The summed E-state index contributed by atoms with van der Waals surface area (Å²) in [5, 5.41) is 16.9. The first-order valence-corrected chi connectivity index (χ1v) is 18.2. The molecular formula is C39H55N7O4. The molecule has 0 fully saturated rings. The van der Waals surface area contributed by atoms with Crippen molar-refractivity contribution in [2.45, 2.75) is 96.6 Å². The third-order valence-corrected chi connectivity index (χ3v) is 9.25. The number of aromatic nitrogens is 4. The molecule has 0 spiro atoms. The standard InChI is InChI=1S/C39H55N7O4/c1-30(32-15-8-7-9-16-32)27-35(49)45(25-14-26-47)23-12-13-24-46-29-42-36-37(39(46)50)43-44(2)38(36)33-20-18-31(19-21-33)28-41-34(48)17-10-5-3-4-6-11-22-40/h7-9,15-16,18-21,29-30,47H,3-6,10-14,17,22-28,40H2,1-2H3,(H,41,48)/t30-/m1/s1. The number of aryl methyl sites for hydroxylation is 2. The second-order valence-corrected chi connectivity index (χ2v) is 13.2. The molecule has 2 heterocycles. The lowest BCUT2D eigenvalue weighted by atomic mass is 9.97. The van der Waals surface area contributed by atoms with Crippen molar-refractivity contribution in [1.82, 2.24) is 29.5 Å². The average molecular weight is 686 g/mol. The van der Waals surface area contributed by atoms with Gasteiger partial charge in [-0.2, -0.15) is 5.10 Å². The molecule has 50 heavy (non-hydrogen) atoms. The van der Waals surface area contributed by atoms with Crippen molar-refractivity contribution in [3.8, 4) is 11.3 Å². The molecule has 2 aromatic heterocycles. The molecule has 4 rings (SSSR count). The number of amides is 2. The van der Waals surface area contributed by atoms with Crippen LogP contribution in [-0.4, -0.2) is 67.4 Å². The van der Waals surface area contributed by atoms with Gasteiger partial charge in [-0.3, -0.25) is 23.6 Å². The van der Waals surface area contributed by atoms with Crippen LogP contribution in [0.25, 0.3) is 22.3 Å². The Morgan fingerprint density at radius 2 is 1.60 bits per heavy atom. The van der Waals surface area contributed by atoms with Gasteiger partial charge in [-0.15, -0.1) is 0 Å². The van der Waals surface area contributed by atoms with E-state index in [0.29, 0.717) is 62.9 Å². The van der Waals surface area contributed by atoms with Crippen LogP contribution in [0.5, 0.6) is 0 Å². The predicted molar refractivity (Wildman–Crippen MR) is 198 cm³/mol. The second-order valence-electron chi connectivity index (χ2n) is 13.2. The molecule has 0 saturated carbocycles. The number of nitrogens with one attached hydrogen (secondary N) is 1. The van der Waals surface area contributed by atoms with Gasteiger partial charge in [-0.1, -0.05) is 87.2 Å². The van der Waals surface area contributed by atoms with Crippen LogP contribution in [0.4, 0.5) is 0 Å². The predicted octanol–water partition coefficient (Wildman–Crippen LogP) is 5.29. The van der Waals surface area contributed by atoms with Crippen LogP contribution in [0.15, 0.2) is 65.7 Å². The monoisotopic (exact) mass is 685 g/mol. The number of fused-ring (bicyclic) bond motifs is 1. The second kappa shape index (κ2) is 20.4. The number of hydrogen-bond acceptors (Lipinski definition) is 7. The third kappa shape index (κ3) is 11.3. The number of hydrogen-bond donors (Lipinski definition) is 3. The van der Waals surface area contributed by atoms with E-state index in [2.05, 4.69) is 22.3 Å². The number of carbonyl (C=O) groups excluding carboxylic acids is 2. The first kappa shape index (κ1) is 38.5. The van der Waals surface area contributed by atoms with E-state index in [9.17, 15) is 19.5 Å². The van der Waals surface area contributed by atoms with Crippen molar-refractivity contribution in [3.05, 3.63) is 82.4 Å². The fraction of sp³-hybridized carbons (Fsp3) is 0.513. The number of nitrogens with two attached hydrogens (primary N) is 1. The summed E-state index contributed by atoms with van der Waals surface area (Å²) in [6.07, 6.45) is 11.0. The minimum absolute atomic E-state index is 0.0323. The summed E-state index contributed by atoms with van der Waals surface area (Å²) in [6, 6.07) is 17.9. The summed E-state index contributed by atoms with van der Waals surface area (Å²) in [5.41, 5.74) is 9.97. The molecule has 0 unspecified atom stereocenters. The van der Waals surface area contributed by atoms with Gasteiger partial charge < -0.3 is 21.1 Å². The molecule has 0 aliphatic heterocycles. The first-order valence-electron chi connectivity index (χ1n) is 18.2. The van der Waals surface area contributed by atoms with E-state index < -0.39 is 0 Å². The average Bonchev–Trinajstić information content (AvgIpc) is 3.47. The Morgan fingerprint density at radius 3 is 2.32 bits per heavy atom. The molecule has 0 bridgehead atoms. The molecule has 2 aromatic carbocycles. The number of unbranched alkanes of at least 4 members (excludes halogenated alkanes) is 6. The van der Waals surface area contributed by atoms with Gasteiger partial charge in [0, 0.05) is 58.2 Å². The minimum Gasteiger partial charge on any atom is -0.396 e. The van der Waals surface area contributed by atoms with E-state index in [1.807, 2.05) is 66.5 Å². The van der Waals surface area contributed by atoms with Crippen LogP contribution in [0.2, 0.25) is 0 Å². The number of rotatable bonds is 22. The van der Waals surface area contributed by atoms with Gasteiger partial charge in [0.2, 0.25) is 11.8 Å². The quantitative estimate of drug-likeness (QED) is 0.0953. The Kier molecular flexibility index (Phi) is 15.7. The summed E-state index contributed by atoms with van der Waals surface area (Å²) in [7, 11) is 1.81. The van der Waals surface area contributed by atoms with Crippen molar-refractivity contribution < 1.29 is 14.7 Å². The molecule has 11 nitrogen and oxygen atoms in total. The third-order valence-electron chi connectivity index (χ3n) is 9.25. The molecule has 0 aliphatic rings. The SMILES string of the molecule is C[C@H](CC(=O)N(CCCO)CCCCn1cnc2c(-c3ccc(CNC(=O)CCCCCCCCN)cc3)n(C)nc2c1=O)c1ccccc1. The number of aliphatic hydroxyl groups excluding tert-OH is 1. The zero-order valence-corrected chi connectivity index (χ0v) is 29.9. The molecule has 0 radical (unpaired) electrons. The lowest BCUT2D eigenvalue weighted by Gasteiger charge is -2.24. The molecule has 1 atom stereocenters. The fourth-order valence-corrected chi connectivity index (χ4v) is 6.28. The van der Waals surface area contributed by atoms with Gasteiger partial charge in [0.25, 0.3) is 5.56 Å². The van der Waals surface area contributed by atoms with Gasteiger partial charge >= 0.3 is 0 Å². The van der Waals surface area contributed by atoms with Gasteiger partial charge in [-0.25, -0.2) is 4.98 Å². The summed E-state index contributed by atoms with van der Waals surface area (Å²) in [5.74, 6) is 0.243. The highest BCUT2D eigenvalue weighted by atomic mass is 16.3. The van der Waals surface area contributed by atoms with Crippen molar-refractivity contribution in [2.24, 2.45) is 12.8 Å². The Labute approximate surface area is 295 Å². The highest BCUT2D eigenvalue weighted by Crippen LogP contribution is 2.26. The lowest BCUT2D eigenvalue weighted by molar-refractivity contribution is -0.131. The lowest BCUT2D eigenvalue weighted by Crippen LogP contribution is -2.34. The van der Waals surface area contributed by atoms with Crippen LogP contribution >= 0.6 is 0 Å². The van der Waals surface area contributed by atoms with Crippen molar-refractivity contribution in [2.75, 3.05) is 26.2 Å². The Hall–Kier alpha value is -4.35. The molecule has 0 saturated heterocycles. The van der Waals surface area contributed by atoms with Crippen LogP contribution in [0.1, 0.15) is 94.6 Å².